The highest BCUT2D eigenvalue weighted by atomic mass is 16.5. The van der Waals surface area contributed by atoms with Crippen LogP contribution in [0.1, 0.15) is 35.1 Å². The second-order valence-electron chi connectivity index (χ2n) is 5.45. The molecule has 1 aromatic carbocycles. The van der Waals surface area contributed by atoms with Gasteiger partial charge in [0, 0.05) is 6.42 Å². The van der Waals surface area contributed by atoms with Gasteiger partial charge in [0.1, 0.15) is 5.75 Å². The Labute approximate surface area is 118 Å². The van der Waals surface area contributed by atoms with Crippen LogP contribution < -0.4 is 4.74 Å². The third-order valence-corrected chi connectivity index (χ3v) is 3.83. The van der Waals surface area contributed by atoms with Gasteiger partial charge in [-0.3, -0.25) is 4.79 Å². The van der Waals surface area contributed by atoms with Gasteiger partial charge in [-0.25, -0.2) is 4.68 Å². The van der Waals surface area contributed by atoms with Crippen LogP contribution in [0, 0.1) is 12.8 Å². The Morgan fingerprint density at radius 1 is 1.25 bits per heavy atom. The highest BCUT2D eigenvalue weighted by Crippen LogP contribution is 2.29. The van der Waals surface area contributed by atoms with Gasteiger partial charge in [-0.1, -0.05) is 6.92 Å². The van der Waals surface area contributed by atoms with Crippen LogP contribution >= 0.6 is 0 Å². The van der Waals surface area contributed by atoms with Crippen molar-refractivity contribution in [1.82, 2.24) is 9.78 Å². The molecule has 3 rings (SSSR count). The number of carbonyl (C=O) groups is 1. The molecule has 0 amide bonds. The van der Waals surface area contributed by atoms with Crippen LogP contribution in [0.3, 0.4) is 0 Å². The van der Waals surface area contributed by atoms with Gasteiger partial charge in [-0.15, -0.1) is 0 Å². The molecular formula is C16H18N2O2. The molecule has 0 bridgehead atoms. The molecule has 1 aromatic heterocycles. The summed E-state index contributed by atoms with van der Waals surface area (Å²) in [5.41, 5.74) is 3.65. The van der Waals surface area contributed by atoms with E-state index < -0.39 is 0 Å². The third kappa shape index (κ3) is 2.01. The van der Waals surface area contributed by atoms with Gasteiger partial charge >= 0.3 is 0 Å². The number of Topliss-reactive ketones (excluding diaryl/α,β-unsaturated/α-hetero) is 1. The molecule has 0 spiro atoms. The minimum Gasteiger partial charge on any atom is -0.497 e. The summed E-state index contributed by atoms with van der Waals surface area (Å²) < 4.78 is 7.07. The molecule has 0 saturated carbocycles. The third-order valence-electron chi connectivity index (χ3n) is 3.83. The molecule has 0 aliphatic heterocycles. The van der Waals surface area contributed by atoms with Crippen molar-refractivity contribution in [2.45, 2.75) is 26.7 Å². The molecule has 4 nitrogen and oxygen atoms in total. The van der Waals surface area contributed by atoms with Crippen LogP contribution in [0.5, 0.6) is 5.75 Å². The molecular weight excluding hydrogens is 252 g/mol. The Balaban J connectivity index is 2.10. The number of hydrogen-bond acceptors (Lipinski definition) is 3. The Hall–Kier alpha value is -2.10. The van der Waals surface area contributed by atoms with Gasteiger partial charge in [0.05, 0.1) is 29.7 Å². The zero-order valence-corrected chi connectivity index (χ0v) is 12.0. The summed E-state index contributed by atoms with van der Waals surface area (Å²) in [7, 11) is 1.65. The molecule has 1 heterocycles. The Morgan fingerprint density at radius 3 is 2.60 bits per heavy atom. The second-order valence-corrected chi connectivity index (χ2v) is 5.45. The monoisotopic (exact) mass is 270 g/mol. The summed E-state index contributed by atoms with van der Waals surface area (Å²) >= 11 is 0. The van der Waals surface area contributed by atoms with Gasteiger partial charge in [-0.2, -0.15) is 5.10 Å². The van der Waals surface area contributed by atoms with Crippen molar-refractivity contribution in [3.63, 3.8) is 0 Å². The molecule has 1 atom stereocenters. The predicted octanol–water partition coefficient (Wildman–Crippen LogP) is 2.95. The number of nitrogens with zero attached hydrogens (tertiary/aromatic N) is 2. The summed E-state index contributed by atoms with van der Waals surface area (Å²) in [6, 6.07) is 7.75. The number of fused-ring (bicyclic) bond motifs is 1. The Kier molecular flexibility index (Phi) is 3.08. The van der Waals surface area contributed by atoms with Crippen molar-refractivity contribution in [1.29, 1.82) is 0 Å². The number of aromatic nitrogens is 2. The van der Waals surface area contributed by atoms with E-state index >= 15 is 0 Å². The van der Waals surface area contributed by atoms with Crippen molar-refractivity contribution in [3.05, 3.63) is 41.2 Å². The molecule has 20 heavy (non-hydrogen) atoms. The normalized spacial score (nSPS) is 17.9. The quantitative estimate of drug-likeness (QED) is 0.842. The van der Waals surface area contributed by atoms with Crippen LogP contribution in [-0.4, -0.2) is 22.7 Å². The van der Waals surface area contributed by atoms with E-state index in [0.717, 1.165) is 34.8 Å². The lowest BCUT2D eigenvalue weighted by Gasteiger charge is -2.19. The minimum atomic E-state index is 0.219. The average molecular weight is 270 g/mol. The van der Waals surface area contributed by atoms with Crippen LogP contribution in [0.4, 0.5) is 0 Å². The zero-order chi connectivity index (χ0) is 14.3. The molecule has 0 saturated heterocycles. The molecule has 0 fully saturated rings. The minimum absolute atomic E-state index is 0.219. The molecule has 0 N–H and O–H groups in total. The first-order chi connectivity index (χ1) is 9.60. The Bertz CT molecular complexity index is 656. The van der Waals surface area contributed by atoms with Crippen molar-refractivity contribution in [2.75, 3.05) is 7.11 Å². The first-order valence-electron chi connectivity index (χ1n) is 6.86. The fourth-order valence-electron chi connectivity index (χ4n) is 2.88. The molecule has 4 heteroatoms. The number of ether oxygens (including phenoxy) is 1. The van der Waals surface area contributed by atoms with Crippen LogP contribution in [0.2, 0.25) is 0 Å². The van der Waals surface area contributed by atoms with Crippen molar-refractivity contribution >= 4 is 5.78 Å². The zero-order valence-electron chi connectivity index (χ0n) is 12.0. The highest BCUT2D eigenvalue weighted by Gasteiger charge is 2.29. The first kappa shape index (κ1) is 12.9. The lowest BCUT2D eigenvalue weighted by Crippen LogP contribution is -2.19. The van der Waals surface area contributed by atoms with E-state index in [-0.39, 0.29) is 5.78 Å². The lowest BCUT2D eigenvalue weighted by molar-refractivity contribution is 0.0952. The van der Waals surface area contributed by atoms with Crippen LogP contribution in [0.15, 0.2) is 24.3 Å². The smallest absolute Gasteiger partial charge is 0.166 e. The molecule has 0 unspecified atom stereocenters. The molecule has 104 valence electrons. The van der Waals surface area contributed by atoms with Crippen molar-refractivity contribution in [2.24, 2.45) is 5.92 Å². The van der Waals surface area contributed by atoms with E-state index in [9.17, 15) is 4.79 Å². The van der Waals surface area contributed by atoms with Gasteiger partial charge < -0.3 is 4.74 Å². The van der Waals surface area contributed by atoms with Gasteiger partial charge in [0.15, 0.2) is 5.78 Å². The van der Waals surface area contributed by atoms with E-state index in [0.29, 0.717) is 12.3 Å². The number of benzene rings is 1. The van der Waals surface area contributed by atoms with E-state index in [1.165, 1.54) is 0 Å². The topological polar surface area (TPSA) is 44.1 Å². The number of hydrogen-bond donors (Lipinski definition) is 0. The lowest BCUT2D eigenvalue weighted by atomic mass is 9.87. The van der Waals surface area contributed by atoms with E-state index in [2.05, 4.69) is 12.0 Å². The van der Waals surface area contributed by atoms with E-state index in [1.807, 2.05) is 35.9 Å². The van der Waals surface area contributed by atoms with Gasteiger partial charge in [0.25, 0.3) is 0 Å². The highest BCUT2D eigenvalue weighted by molar-refractivity contribution is 5.99. The largest absolute Gasteiger partial charge is 0.497 e. The summed E-state index contributed by atoms with van der Waals surface area (Å²) in [5, 5.41) is 4.56. The Morgan fingerprint density at radius 2 is 1.95 bits per heavy atom. The molecule has 2 aromatic rings. The summed E-state index contributed by atoms with van der Waals surface area (Å²) in [6.45, 7) is 4.02. The number of aryl methyl sites for hydroxylation is 1. The van der Waals surface area contributed by atoms with Gasteiger partial charge in [0.2, 0.25) is 0 Å². The van der Waals surface area contributed by atoms with Crippen LogP contribution in [-0.2, 0) is 6.42 Å². The maximum atomic E-state index is 12.2. The summed E-state index contributed by atoms with van der Waals surface area (Å²) in [5.74, 6) is 1.41. The standard InChI is InChI=1S/C16H18N2O2/c1-10-8-14-16(15(19)9-10)11(2)17-18(14)12-4-6-13(20-3)7-5-12/h4-7,10H,8-9H2,1-3H3/t10-/m1/s1. The first-order valence-corrected chi connectivity index (χ1v) is 6.86. The predicted molar refractivity (Wildman–Crippen MR) is 76.7 cm³/mol. The fraction of sp³-hybridized carbons (Fsp3) is 0.375. The summed E-state index contributed by atoms with van der Waals surface area (Å²) in [6.07, 6.45) is 1.52. The van der Waals surface area contributed by atoms with Crippen molar-refractivity contribution in [3.8, 4) is 11.4 Å². The van der Waals surface area contributed by atoms with Gasteiger partial charge in [-0.05, 0) is 43.5 Å². The average Bonchev–Trinajstić information content (AvgIpc) is 2.76. The number of rotatable bonds is 2. The molecule has 1 aliphatic rings. The van der Waals surface area contributed by atoms with E-state index in [4.69, 9.17) is 4.74 Å². The van der Waals surface area contributed by atoms with Crippen molar-refractivity contribution < 1.29 is 9.53 Å². The maximum Gasteiger partial charge on any atom is 0.166 e. The molecule has 0 radical (unpaired) electrons. The van der Waals surface area contributed by atoms with Crippen LogP contribution in [0.25, 0.3) is 5.69 Å². The number of methoxy groups -OCH3 is 1. The number of carbonyl (C=O) groups excluding carboxylic acids is 1. The number of ketones is 1. The maximum absolute atomic E-state index is 12.2. The SMILES string of the molecule is COc1ccc(-n2nc(C)c3c2C[C@@H](C)CC3=O)cc1. The van der Waals surface area contributed by atoms with E-state index in [1.54, 1.807) is 7.11 Å². The summed E-state index contributed by atoms with van der Waals surface area (Å²) in [4.78, 5) is 12.2. The second kappa shape index (κ2) is 4.78. The molecule has 1 aliphatic carbocycles. The fourth-order valence-corrected chi connectivity index (χ4v) is 2.88.